The highest BCUT2D eigenvalue weighted by Gasteiger charge is 2.09. The van der Waals surface area contributed by atoms with Crippen LogP contribution < -0.4 is 5.32 Å². The van der Waals surface area contributed by atoms with Gasteiger partial charge in [-0.25, -0.2) is 4.39 Å². The smallest absolute Gasteiger partial charge is 0.128 e. The van der Waals surface area contributed by atoms with Crippen molar-refractivity contribution >= 4 is 11.8 Å². The number of aryl methyl sites for hydroxylation is 1. The zero-order valence-electron chi connectivity index (χ0n) is 12.7. The molecule has 0 aliphatic rings. The molecule has 0 aromatic heterocycles. The molecule has 2 aromatic rings. The molecule has 0 aliphatic heterocycles. The standard InChI is InChI=1S/C18H22FNS/c1-3-11-20-12-16-17(19)9-6-10-18(16)21-13-15-8-5-4-7-14(15)2/h4-10,20H,3,11-13H2,1-2H3. The van der Waals surface area contributed by atoms with E-state index in [0.717, 1.165) is 29.2 Å². The van der Waals surface area contributed by atoms with Crippen LogP contribution in [0.25, 0.3) is 0 Å². The maximum absolute atomic E-state index is 14.0. The Kier molecular flexibility index (Phi) is 6.27. The van der Waals surface area contributed by atoms with Crippen molar-refractivity contribution in [3.05, 3.63) is 65.0 Å². The van der Waals surface area contributed by atoms with E-state index in [2.05, 4.69) is 37.4 Å². The second-order valence-electron chi connectivity index (χ2n) is 5.11. The average molecular weight is 303 g/mol. The summed E-state index contributed by atoms with van der Waals surface area (Å²) >= 11 is 1.71. The molecular formula is C18H22FNS. The summed E-state index contributed by atoms with van der Waals surface area (Å²) in [5.74, 6) is 0.755. The molecule has 0 heterocycles. The number of nitrogens with one attached hydrogen (secondary N) is 1. The number of rotatable bonds is 7. The Morgan fingerprint density at radius 3 is 2.67 bits per heavy atom. The topological polar surface area (TPSA) is 12.0 Å². The third-order valence-electron chi connectivity index (χ3n) is 3.45. The van der Waals surface area contributed by atoms with Crippen LogP contribution in [0, 0.1) is 12.7 Å². The molecule has 1 nitrogen and oxygen atoms in total. The van der Waals surface area contributed by atoms with Gasteiger partial charge in [0.15, 0.2) is 0 Å². The van der Waals surface area contributed by atoms with E-state index in [4.69, 9.17) is 0 Å². The zero-order valence-corrected chi connectivity index (χ0v) is 13.5. The minimum Gasteiger partial charge on any atom is -0.313 e. The number of hydrogen-bond acceptors (Lipinski definition) is 2. The number of halogens is 1. The largest absolute Gasteiger partial charge is 0.313 e. The molecule has 0 saturated carbocycles. The third-order valence-corrected chi connectivity index (χ3v) is 4.60. The van der Waals surface area contributed by atoms with Crippen LogP contribution >= 0.6 is 11.8 Å². The van der Waals surface area contributed by atoms with Gasteiger partial charge in [-0.05, 0) is 43.1 Å². The van der Waals surface area contributed by atoms with Crippen molar-refractivity contribution in [1.29, 1.82) is 0 Å². The van der Waals surface area contributed by atoms with Crippen LogP contribution in [-0.4, -0.2) is 6.54 Å². The second-order valence-corrected chi connectivity index (χ2v) is 6.13. The highest BCUT2D eigenvalue weighted by atomic mass is 32.2. The maximum Gasteiger partial charge on any atom is 0.128 e. The molecule has 0 fully saturated rings. The predicted octanol–water partition coefficient (Wildman–Crippen LogP) is 4.93. The maximum atomic E-state index is 14.0. The third kappa shape index (κ3) is 4.58. The summed E-state index contributed by atoms with van der Waals surface area (Å²) in [7, 11) is 0. The average Bonchev–Trinajstić information content (AvgIpc) is 2.49. The van der Waals surface area contributed by atoms with Crippen molar-refractivity contribution in [3.63, 3.8) is 0 Å². The lowest BCUT2D eigenvalue weighted by atomic mass is 10.1. The Hall–Kier alpha value is -1.32. The van der Waals surface area contributed by atoms with Gasteiger partial charge in [0.25, 0.3) is 0 Å². The molecule has 0 aliphatic carbocycles. The Labute approximate surface area is 131 Å². The minimum atomic E-state index is -0.117. The molecule has 21 heavy (non-hydrogen) atoms. The van der Waals surface area contributed by atoms with Gasteiger partial charge in [-0.3, -0.25) is 0 Å². The highest BCUT2D eigenvalue weighted by molar-refractivity contribution is 7.98. The SMILES string of the molecule is CCCNCc1c(F)cccc1SCc1ccccc1C. The van der Waals surface area contributed by atoms with Crippen LogP contribution in [0.4, 0.5) is 4.39 Å². The van der Waals surface area contributed by atoms with Gasteiger partial charge >= 0.3 is 0 Å². The lowest BCUT2D eigenvalue weighted by molar-refractivity contribution is 0.578. The van der Waals surface area contributed by atoms with E-state index >= 15 is 0 Å². The first-order valence-corrected chi connectivity index (χ1v) is 8.36. The molecule has 112 valence electrons. The van der Waals surface area contributed by atoms with E-state index in [1.807, 2.05) is 12.1 Å². The first kappa shape index (κ1) is 16.1. The summed E-state index contributed by atoms with van der Waals surface area (Å²) in [6.07, 6.45) is 1.06. The van der Waals surface area contributed by atoms with E-state index in [-0.39, 0.29) is 5.82 Å². The molecule has 2 aromatic carbocycles. The molecular weight excluding hydrogens is 281 g/mol. The van der Waals surface area contributed by atoms with E-state index < -0.39 is 0 Å². The first-order chi connectivity index (χ1) is 10.2. The van der Waals surface area contributed by atoms with Crippen LogP contribution in [0.15, 0.2) is 47.4 Å². The quantitative estimate of drug-likeness (QED) is 0.575. The fourth-order valence-corrected chi connectivity index (χ4v) is 3.32. The molecule has 0 spiro atoms. The van der Waals surface area contributed by atoms with E-state index in [9.17, 15) is 4.39 Å². The summed E-state index contributed by atoms with van der Waals surface area (Å²) in [5, 5.41) is 3.29. The summed E-state index contributed by atoms with van der Waals surface area (Å²) in [5.41, 5.74) is 3.37. The normalized spacial score (nSPS) is 10.8. The fraction of sp³-hybridized carbons (Fsp3) is 0.333. The van der Waals surface area contributed by atoms with Crippen LogP contribution in [0.5, 0.6) is 0 Å². The summed E-state index contributed by atoms with van der Waals surface area (Å²) in [4.78, 5) is 1.03. The molecule has 0 radical (unpaired) electrons. The summed E-state index contributed by atoms with van der Waals surface area (Å²) < 4.78 is 14.0. The predicted molar refractivity (Wildman–Crippen MR) is 89.1 cm³/mol. The Morgan fingerprint density at radius 1 is 1.10 bits per heavy atom. The van der Waals surface area contributed by atoms with Gasteiger partial charge in [0.2, 0.25) is 0 Å². The second kappa shape index (κ2) is 8.20. The molecule has 0 atom stereocenters. The number of benzene rings is 2. The zero-order chi connectivity index (χ0) is 15.1. The van der Waals surface area contributed by atoms with E-state index in [1.165, 1.54) is 11.1 Å². The molecule has 3 heteroatoms. The lowest BCUT2D eigenvalue weighted by Gasteiger charge is -2.12. The summed E-state index contributed by atoms with van der Waals surface area (Å²) in [6, 6.07) is 13.7. The molecule has 2 rings (SSSR count). The molecule has 0 saturated heterocycles. The monoisotopic (exact) mass is 303 g/mol. The molecule has 0 bridgehead atoms. The van der Waals surface area contributed by atoms with E-state index in [0.29, 0.717) is 6.54 Å². The van der Waals surface area contributed by atoms with E-state index in [1.54, 1.807) is 23.9 Å². The van der Waals surface area contributed by atoms with Gasteiger partial charge in [0.05, 0.1) is 0 Å². The van der Waals surface area contributed by atoms with Crippen molar-refractivity contribution in [2.24, 2.45) is 0 Å². The van der Waals surface area contributed by atoms with Crippen LogP contribution in [-0.2, 0) is 12.3 Å². The van der Waals surface area contributed by atoms with Crippen molar-refractivity contribution in [2.45, 2.75) is 37.5 Å². The Bertz CT molecular complexity index is 583. The Morgan fingerprint density at radius 2 is 1.90 bits per heavy atom. The fourth-order valence-electron chi connectivity index (χ4n) is 2.16. The first-order valence-electron chi connectivity index (χ1n) is 7.37. The number of thioether (sulfide) groups is 1. The van der Waals surface area contributed by atoms with Crippen molar-refractivity contribution in [2.75, 3.05) is 6.54 Å². The van der Waals surface area contributed by atoms with Crippen LogP contribution in [0.1, 0.15) is 30.0 Å². The van der Waals surface area contributed by atoms with Gasteiger partial charge in [-0.15, -0.1) is 11.8 Å². The lowest BCUT2D eigenvalue weighted by Crippen LogP contribution is -2.15. The summed E-state index contributed by atoms with van der Waals surface area (Å²) in [6.45, 7) is 5.74. The van der Waals surface area contributed by atoms with Gasteiger partial charge < -0.3 is 5.32 Å². The van der Waals surface area contributed by atoms with Gasteiger partial charge in [0, 0.05) is 22.8 Å². The van der Waals surface area contributed by atoms with Crippen LogP contribution in [0.3, 0.4) is 0 Å². The van der Waals surface area contributed by atoms with Crippen molar-refractivity contribution in [1.82, 2.24) is 5.32 Å². The molecule has 0 unspecified atom stereocenters. The molecule has 1 N–H and O–H groups in total. The van der Waals surface area contributed by atoms with Gasteiger partial charge in [-0.2, -0.15) is 0 Å². The Balaban J connectivity index is 2.09. The van der Waals surface area contributed by atoms with Crippen molar-refractivity contribution in [3.8, 4) is 0 Å². The highest BCUT2D eigenvalue weighted by Crippen LogP contribution is 2.28. The van der Waals surface area contributed by atoms with Crippen molar-refractivity contribution < 1.29 is 4.39 Å². The van der Waals surface area contributed by atoms with Gasteiger partial charge in [0.1, 0.15) is 5.82 Å². The minimum absolute atomic E-state index is 0.117. The van der Waals surface area contributed by atoms with Gasteiger partial charge in [-0.1, -0.05) is 37.3 Å². The molecule has 0 amide bonds. The number of hydrogen-bond donors (Lipinski definition) is 1. The van der Waals surface area contributed by atoms with Crippen LogP contribution in [0.2, 0.25) is 0 Å².